The predicted octanol–water partition coefficient (Wildman–Crippen LogP) is -2.24. The number of hydrogen-bond donors (Lipinski definition) is 5. The van der Waals surface area contributed by atoms with Gasteiger partial charge in [-0.2, -0.15) is 0 Å². The first-order valence-corrected chi connectivity index (χ1v) is 8.89. The van der Waals surface area contributed by atoms with Crippen LogP contribution < -0.4 is 28.7 Å². The van der Waals surface area contributed by atoms with Gasteiger partial charge in [-0.25, -0.2) is 14.4 Å². The number of rotatable bonds is 13. The Morgan fingerprint density at radius 2 is 1.04 bits per heavy atom. The number of hydrogen-bond acceptors (Lipinski definition) is 11. The molecule has 0 aliphatic heterocycles. The second-order valence-corrected chi connectivity index (χ2v) is 6.13. The quantitative estimate of drug-likeness (QED) is 0.129. The summed E-state index contributed by atoms with van der Waals surface area (Å²) in [6.07, 6.45) is 2.56. The summed E-state index contributed by atoms with van der Waals surface area (Å²) >= 11 is 0. The van der Waals surface area contributed by atoms with Gasteiger partial charge >= 0.3 is 23.9 Å². The van der Waals surface area contributed by atoms with Gasteiger partial charge < -0.3 is 38.1 Å². The summed E-state index contributed by atoms with van der Waals surface area (Å²) in [7, 11) is 0. The van der Waals surface area contributed by atoms with Gasteiger partial charge in [-0.05, 0) is 38.8 Å². The van der Waals surface area contributed by atoms with E-state index in [0.29, 0.717) is 51.6 Å². The van der Waals surface area contributed by atoms with Crippen molar-refractivity contribution in [3.63, 3.8) is 0 Å². The van der Waals surface area contributed by atoms with Crippen LogP contribution in [0.5, 0.6) is 0 Å². The summed E-state index contributed by atoms with van der Waals surface area (Å²) in [5.74, 6) is -4.04. The van der Waals surface area contributed by atoms with Gasteiger partial charge in [0.1, 0.15) is 18.1 Å². The van der Waals surface area contributed by atoms with E-state index in [9.17, 15) is 19.2 Å². The molecule has 0 aliphatic carbocycles. The molecule has 0 amide bonds. The van der Waals surface area contributed by atoms with Crippen LogP contribution >= 0.6 is 0 Å². The molecule has 0 saturated carbocycles. The molecule has 27 heavy (non-hydrogen) atoms. The summed E-state index contributed by atoms with van der Waals surface area (Å²) in [5, 5.41) is 0. The fraction of sp³-hybridized carbons (Fsp3) is 0.750. The molecule has 3 unspecified atom stereocenters. The van der Waals surface area contributed by atoms with Crippen LogP contribution in [0.3, 0.4) is 0 Å². The first-order valence-electron chi connectivity index (χ1n) is 8.89. The molecule has 0 radical (unpaired) electrons. The fourth-order valence-electron chi connectivity index (χ4n) is 2.00. The van der Waals surface area contributed by atoms with Crippen molar-refractivity contribution >= 4 is 23.9 Å². The van der Waals surface area contributed by atoms with Crippen LogP contribution in [0.15, 0.2) is 0 Å². The summed E-state index contributed by atoms with van der Waals surface area (Å²) in [6, 6.07) is -3.44. The minimum absolute atomic E-state index is 0.303. The zero-order valence-electron chi connectivity index (χ0n) is 15.4. The molecule has 0 heterocycles. The highest BCUT2D eigenvalue weighted by Gasteiger charge is 2.27. The van der Waals surface area contributed by atoms with E-state index in [2.05, 4.69) is 9.47 Å². The van der Waals surface area contributed by atoms with Crippen LogP contribution in [-0.4, -0.2) is 55.1 Å². The summed E-state index contributed by atoms with van der Waals surface area (Å²) in [5.41, 5.74) is 27.3. The maximum Gasteiger partial charge on any atom is 0.331 e. The lowest BCUT2D eigenvalue weighted by molar-refractivity contribution is -0.167. The third kappa shape index (κ3) is 11.4. The van der Waals surface area contributed by atoms with E-state index in [1.807, 2.05) is 0 Å². The van der Waals surface area contributed by atoms with Crippen molar-refractivity contribution < 1.29 is 28.7 Å². The van der Waals surface area contributed by atoms with Gasteiger partial charge in [0.05, 0.1) is 6.42 Å². The van der Waals surface area contributed by atoms with E-state index in [0.717, 1.165) is 0 Å². The maximum atomic E-state index is 11.7. The lowest BCUT2D eigenvalue weighted by Gasteiger charge is -2.14. The van der Waals surface area contributed by atoms with Crippen molar-refractivity contribution in [3.05, 3.63) is 0 Å². The molecule has 156 valence electrons. The van der Waals surface area contributed by atoms with Crippen molar-refractivity contribution in [2.75, 3.05) is 13.1 Å². The van der Waals surface area contributed by atoms with Crippen LogP contribution in [0.2, 0.25) is 0 Å². The molecule has 0 rings (SSSR count). The first kappa shape index (κ1) is 25.1. The van der Waals surface area contributed by atoms with Gasteiger partial charge in [0.2, 0.25) is 0 Å². The standard InChI is InChI=1S/C16H31N5O6/c17-7-3-1-5-10(19)14(23)26-13(22)9-12(21)16(25)27-15(24)11(20)6-2-4-8-18/h10-12H,1-9,17-21H2. The molecule has 0 spiro atoms. The Labute approximate surface area is 158 Å². The van der Waals surface area contributed by atoms with E-state index in [1.165, 1.54) is 0 Å². The van der Waals surface area contributed by atoms with Crippen molar-refractivity contribution in [2.24, 2.45) is 28.7 Å². The number of nitrogens with two attached hydrogens (primary N) is 5. The number of carbonyl (C=O) groups excluding carboxylic acids is 4. The molecule has 0 aliphatic rings. The molecule has 0 saturated heterocycles. The second-order valence-electron chi connectivity index (χ2n) is 6.13. The third-order valence-electron chi connectivity index (χ3n) is 3.65. The van der Waals surface area contributed by atoms with Gasteiger partial charge in [0, 0.05) is 0 Å². The average molecular weight is 389 g/mol. The van der Waals surface area contributed by atoms with Crippen LogP contribution in [0.25, 0.3) is 0 Å². The lowest BCUT2D eigenvalue weighted by atomic mass is 10.1. The van der Waals surface area contributed by atoms with Crippen molar-refractivity contribution in [1.82, 2.24) is 0 Å². The minimum atomic E-state index is -1.47. The molecule has 0 aromatic rings. The maximum absolute atomic E-state index is 11.7. The summed E-state index contributed by atoms with van der Waals surface area (Å²) < 4.78 is 9.07. The van der Waals surface area contributed by atoms with E-state index >= 15 is 0 Å². The van der Waals surface area contributed by atoms with Gasteiger partial charge in [-0.3, -0.25) is 4.79 Å². The first-order chi connectivity index (χ1) is 12.7. The minimum Gasteiger partial charge on any atom is -0.392 e. The number of ether oxygens (including phenoxy) is 2. The van der Waals surface area contributed by atoms with Gasteiger partial charge in [-0.1, -0.05) is 12.8 Å². The summed E-state index contributed by atoms with van der Waals surface area (Å²) in [4.78, 5) is 46.7. The molecule has 0 fully saturated rings. The van der Waals surface area contributed by atoms with Crippen molar-refractivity contribution in [3.8, 4) is 0 Å². The Morgan fingerprint density at radius 3 is 1.48 bits per heavy atom. The Bertz CT molecular complexity index is 502. The van der Waals surface area contributed by atoms with E-state index in [1.54, 1.807) is 0 Å². The van der Waals surface area contributed by atoms with Gasteiger partial charge in [-0.15, -0.1) is 0 Å². The number of esters is 4. The predicted molar refractivity (Wildman–Crippen MR) is 96.6 cm³/mol. The zero-order valence-corrected chi connectivity index (χ0v) is 15.4. The smallest absolute Gasteiger partial charge is 0.331 e. The van der Waals surface area contributed by atoms with Gasteiger partial charge in [0.25, 0.3) is 0 Å². The molecule has 11 heteroatoms. The number of carbonyl (C=O) groups is 4. The number of unbranched alkanes of at least 4 members (excludes halogenated alkanes) is 2. The molecular weight excluding hydrogens is 358 g/mol. The van der Waals surface area contributed by atoms with Crippen LogP contribution in [-0.2, 0) is 28.7 Å². The average Bonchev–Trinajstić information content (AvgIpc) is 2.61. The highest BCUT2D eigenvalue weighted by atomic mass is 16.6. The third-order valence-corrected chi connectivity index (χ3v) is 3.65. The van der Waals surface area contributed by atoms with Gasteiger partial charge in [0.15, 0.2) is 0 Å². The largest absolute Gasteiger partial charge is 0.392 e. The van der Waals surface area contributed by atoms with Crippen LogP contribution in [0, 0.1) is 0 Å². The molecule has 10 N–H and O–H groups in total. The lowest BCUT2D eigenvalue weighted by Crippen LogP contribution is -2.41. The Morgan fingerprint density at radius 1 is 0.630 bits per heavy atom. The Hall–Kier alpha value is -1.92. The van der Waals surface area contributed by atoms with Crippen molar-refractivity contribution in [1.29, 1.82) is 0 Å². The second kappa shape index (κ2) is 14.2. The fourth-order valence-corrected chi connectivity index (χ4v) is 2.00. The molecule has 0 aromatic heterocycles. The van der Waals surface area contributed by atoms with Crippen LogP contribution in [0.1, 0.15) is 44.9 Å². The van der Waals surface area contributed by atoms with E-state index < -0.39 is 48.4 Å². The molecule has 11 nitrogen and oxygen atoms in total. The molecule has 0 bridgehead atoms. The zero-order chi connectivity index (χ0) is 20.8. The van der Waals surface area contributed by atoms with E-state index in [-0.39, 0.29) is 0 Å². The molecule has 0 aromatic carbocycles. The topological polar surface area (TPSA) is 217 Å². The Kier molecular flexibility index (Phi) is 13.2. The molecule has 3 atom stereocenters. The highest BCUT2D eigenvalue weighted by molar-refractivity contribution is 5.94. The monoisotopic (exact) mass is 389 g/mol. The Balaban J connectivity index is 4.27. The highest BCUT2D eigenvalue weighted by Crippen LogP contribution is 2.04. The summed E-state index contributed by atoms with van der Waals surface area (Å²) in [6.45, 7) is 0.927. The molecular formula is C16H31N5O6. The normalized spacial score (nSPS) is 14.1. The van der Waals surface area contributed by atoms with Crippen LogP contribution in [0.4, 0.5) is 0 Å². The van der Waals surface area contributed by atoms with E-state index in [4.69, 9.17) is 28.7 Å². The van der Waals surface area contributed by atoms with Crippen molar-refractivity contribution in [2.45, 2.75) is 63.1 Å². The SMILES string of the molecule is NCCCCC(N)C(=O)OC(=O)CC(N)C(=O)OC(=O)C(N)CCCCN.